The van der Waals surface area contributed by atoms with Gasteiger partial charge < -0.3 is 9.30 Å². The Labute approximate surface area is 169 Å². The van der Waals surface area contributed by atoms with Gasteiger partial charge in [0, 0.05) is 23.5 Å². The minimum Gasteiger partial charge on any atom is -0.454 e. The summed E-state index contributed by atoms with van der Waals surface area (Å²) in [7, 11) is 0. The van der Waals surface area contributed by atoms with E-state index in [-0.39, 0.29) is 18.2 Å². The molecule has 0 radical (unpaired) electrons. The van der Waals surface area contributed by atoms with Crippen molar-refractivity contribution < 1.29 is 18.7 Å². The van der Waals surface area contributed by atoms with Gasteiger partial charge in [-0.1, -0.05) is 29.8 Å². The Bertz CT molecular complexity index is 1020. The van der Waals surface area contributed by atoms with E-state index < -0.39 is 5.97 Å². The van der Waals surface area contributed by atoms with Crippen LogP contribution in [0.4, 0.5) is 4.39 Å². The molecule has 4 nitrogen and oxygen atoms in total. The molecule has 2 aromatic carbocycles. The zero-order valence-electron chi connectivity index (χ0n) is 16.9. The maximum Gasteiger partial charge on any atom is 0.338 e. The van der Waals surface area contributed by atoms with Gasteiger partial charge in [-0.2, -0.15) is 0 Å². The number of aromatic nitrogens is 1. The molecule has 0 unspecified atom stereocenters. The molecule has 0 aliphatic rings. The first-order valence-corrected chi connectivity index (χ1v) is 9.53. The van der Waals surface area contributed by atoms with Crippen molar-refractivity contribution in [3.8, 4) is 0 Å². The molecule has 0 saturated heterocycles. The number of ketones is 1. The van der Waals surface area contributed by atoms with E-state index >= 15 is 0 Å². The predicted molar refractivity (Wildman–Crippen MR) is 110 cm³/mol. The van der Waals surface area contributed by atoms with Crippen molar-refractivity contribution in [1.29, 1.82) is 0 Å². The van der Waals surface area contributed by atoms with E-state index in [1.54, 1.807) is 24.3 Å². The van der Waals surface area contributed by atoms with Crippen LogP contribution in [0.5, 0.6) is 0 Å². The van der Waals surface area contributed by atoms with Gasteiger partial charge in [-0.3, -0.25) is 4.79 Å². The molecule has 0 aliphatic heterocycles. The highest BCUT2D eigenvalue weighted by molar-refractivity contribution is 6.00. The molecule has 0 amide bonds. The zero-order valence-corrected chi connectivity index (χ0v) is 16.9. The van der Waals surface area contributed by atoms with E-state index in [0.29, 0.717) is 17.7 Å². The van der Waals surface area contributed by atoms with Crippen molar-refractivity contribution in [3.05, 3.63) is 94.1 Å². The topological polar surface area (TPSA) is 48.3 Å². The summed E-state index contributed by atoms with van der Waals surface area (Å²) in [6, 6.07) is 15.3. The SMILES string of the molecule is Cc1ccc(C(=O)OCC(=O)c2cc(C)n(CCc3ccc(F)cc3)c2C)cc1. The second-order valence-electron chi connectivity index (χ2n) is 7.18. The summed E-state index contributed by atoms with van der Waals surface area (Å²) in [4.78, 5) is 24.7. The summed E-state index contributed by atoms with van der Waals surface area (Å²) in [5, 5.41) is 0. The summed E-state index contributed by atoms with van der Waals surface area (Å²) < 4.78 is 20.3. The number of nitrogens with zero attached hydrogens (tertiary/aromatic N) is 1. The van der Waals surface area contributed by atoms with Gasteiger partial charge in [0.1, 0.15) is 5.82 Å². The number of hydrogen-bond acceptors (Lipinski definition) is 3. The van der Waals surface area contributed by atoms with Gasteiger partial charge in [0.05, 0.1) is 5.56 Å². The second kappa shape index (κ2) is 8.86. The number of aryl methyl sites for hydroxylation is 3. The Kier molecular flexibility index (Phi) is 6.27. The molecule has 0 saturated carbocycles. The molecule has 1 heterocycles. The van der Waals surface area contributed by atoms with Gasteiger partial charge in [0.2, 0.25) is 5.78 Å². The number of Topliss-reactive ketones (excluding diaryl/α,β-unsaturated/α-hetero) is 1. The smallest absolute Gasteiger partial charge is 0.338 e. The maximum atomic E-state index is 13.0. The largest absolute Gasteiger partial charge is 0.454 e. The van der Waals surface area contributed by atoms with Gasteiger partial charge in [-0.05, 0) is 63.1 Å². The Hall–Kier alpha value is -3.21. The molecule has 0 aliphatic carbocycles. The molecule has 29 heavy (non-hydrogen) atoms. The molecule has 0 fully saturated rings. The minimum absolute atomic E-state index is 0.230. The number of carbonyl (C=O) groups excluding carboxylic acids is 2. The van der Waals surface area contributed by atoms with E-state index in [2.05, 4.69) is 4.57 Å². The van der Waals surface area contributed by atoms with Gasteiger partial charge in [0.15, 0.2) is 6.61 Å². The average Bonchev–Trinajstić information content (AvgIpc) is 3.00. The summed E-state index contributed by atoms with van der Waals surface area (Å²) in [5.74, 6) is -0.995. The quantitative estimate of drug-likeness (QED) is 0.426. The first-order chi connectivity index (χ1) is 13.8. The van der Waals surface area contributed by atoms with Crippen LogP contribution in [0.15, 0.2) is 54.6 Å². The maximum absolute atomic E-state index is 13.0. The van der Waals surface area contributed by atoms with Crippen LogP contribution in [0.25, 0.3) is 0 Å². The third-order valence-corrected chi connectivity index (χ3v) is 5.03. The first kappa shape index (κ1) is 20.5. The molecule has 1 aromatic heterocycles. The minimum atomic E-state index is -0.511. The monoisotopic (exact) mass is 393 g/mol. The lowest BCUT2D eigenvalue weighted by Gasteiger charge is -2.10. The van der Waals surface area contributed by atoms with Crippen LogP contribution in [0.3, 0.4) is 0 Å². The van der Waals surface area contributed by atoms with Gasteiger partial charge in [-0.15, -0.1) is 0 Å². The highest BCUT2D eigenvalue weighted by atomic mass is 19.1. The number of carbonyl (C=O) groups is 2. The van der Waals surface area contributed by atoms with E-state index in [1.165, 1.54) is 12.1 Å². The normalized spacial score (nSPS) is 10.8. The van der Waals surface area contributed by atoms with E-state index in [1.807, 2.05) is 39.0 Å². The first-order valence-electron chi connectivity index (χ1n) is 9.53. The number of halogens is 1. The molecule has 5 heteroatoms. The van der Waals surface area contributed by atoms with E-state index in [9.17, 15) is 14.0 Å². The molecule has 150 valence electrons. The molecule has 0 bridgehead atoms. The van der Waals surface area contributed by atoms with Gasteiger partial charge in [-0.25, -0.2) is 9.18 Å². The highest BCUT2D eigenvalue weighted by Crippen LogP contribution is 2.17. The zero-order chi connectivity index (χ0) is 21.0. The summed E-state index contributed by atoms with van der Waals surface area (Å²) in [5.41, 5.74) is 4.84. The molecular formula is C24H24FNO3. The third kappa shape index (κ3) is 4.99. The third-order valence-electron chi connectivity index (χ3n) is 5.03. The number of esters is 1. The van der Waals surface area contributed by atoms with Crippen molar-refractivity contribution in [2.24, 2.45) is 0 Å². The lowest BCUT2D eigenvalue weighted by molar-refractivity contribution is 0.0474. The number of benzene rings is 2. The standard InChI is InChI=1S/C24H24FNO3/c1-16-4-8-20(9-5-16)24(28)29-15-23(27)22-14-17(2)26(18(22)3)13-12-19-6-10-21(25)11-7-19/h4-11,14H,12-13,15H2,1-3H3. The van der Waals surface area contributed by atoms with Crippen molar-refractivity contribution in [2.45, 2.75) is 33.7 Å². The van der Waals surface area contributed by atoms with Crippen molar-refractivity contribution >= 4 is 11.8 Å². The number of ether oxygens (including phenoxy) is 1. The van der Waals surface area contributed by atoms with Crippen molar-refractivity contribution in [3.63, 3.8) is 0 Å². The molecule has 3 rings (SSSR count). The van der Waals surface area contributed by atoms with Crippen LogP contribution in [0, 0.1) is 26.6 Å². The molecular weight excluding hydrogens is 369 g/mol. The van der Waals surface area contributed by atoms with Crippen molar-refractivity contribution in [2.75, 3.05) is 6.61 Å². The Morgan fingerprint density at radius 2 is 1.62 bits per heavy atom. The van der Waals surface area contributed by atoms with Crippen LogP contribution in [0.2, 0.25) is 0 Å². The highest BCUT2D eigenvalue weighted by Gasteiger charge is 2.18. The predicted octanol–water partition coefficient (Wildman–Crippen LogP) is 4.83. The molecule has 0 spiro atoms. The fourth-order valence-corrected chi connectivity index (χ4v) is 3.30. The molecule has 3 aromatic rings. The van der Waals surface area contributed by atoms with Crippen LogP contribution < -0.4 is 0 Å². The van der Waals surface area contributed by atoms with Crippen molar-refractivity contribution in [1.82, 2.24) is 4.57 Å². The Morgan fingerprint density at radius 3 is 2.28 bits per heavy atom. The lowest BCUT2D eigenvalue weighted by Crippen LogP contribution is -2.15. The fraction of sp³-hybridized carbons (Fsp3) is 0.250. The van der Waals surface area contributed by atoms with Crippen LogP contribution in [-0.4, -0.2) is 22.9 Å². The summed E-state index contributed by atoms with van der Waals surface area (Å²) in [6.07, 6.45) is 0.729. The van der Waals surface area contributed by atoms with Gasteiger partial charge >= 0.3 is 5.97 Å². The van der Waals surface area contributed by atoms with E-state index in [4.69, 9.17) is 4.74 Å². The summed E-state index contributed by atoms with van der Waals surface area (Å²) >= 11 is 0. The Balaban J connectivity index is 1.63. The van der Waals surface area contributed by atoms with Gasteiger partial charge in [0.25, 0.3) is 0 Å². The average molecular weight is 393 g/mol. The fourth-order valence-electron chi connectivity index (χ4n) is 3.30. The number of hydrogen-bond donors (Lipinski definition) is 0. The molecule has 0 N–H and O–H groups in total. The van der Waals surface area contributed by atoms with Crippen LogP contribution >= 0.6 is 0 Å². The lowest BCUT2D eigenvalue weighted by atomic mass is 10.1. The molecule has 0 atom stereocenters. The van der Waals surface area contributed by atoms with Crippen LogP contribution in [0.1, 0.15) is 43.2 Å². The van der Waals surface area contributed by atoms with E-state index in [0.717, 1.165) is 28.9 Å². The summed E-state index contributed by atoms with van der Waals surface area (Å²) in [6.45, 7) is 6.14. The van der Waals surface area contributed by atoms with Crippen LogP contribution in [-0.2, 0) is 17.7 Å². The number of rotatable bonds is 7. The Morgan fingerprint density at radius 1 is 0.966 bits per heavy atom. The second-order valence-corrected chi connectivity index (χ2v) is 7.18.